The van der Waals surface area contributed by atoms with E-state index in [1.807, 2.05) is 26.0 Å². The van der Waals surface area contributed by atoms with Gasteiger partial charge in [-0.2, -0.15) is 0 Å². The van der Waals surface area contributed by atoms with Crippen LogP contribution in [0.4, 0.5) is 0 Å². The van der Waals surface area contributed by atoms with E-state index >= 15 is 0 Å². The Labute approximate surface area is 175 Å². The van der Waals surface area contributed by atoms with Crippen molar-refractivity contribution >= 4 is 11.9 Å². The van der Waals surface area contributed by atoms with E-state index in [2.05, 4.69) is 0 Å². The van der Waals surface area contributed by atoms with E-state index in [4.69, 9.17) is 0 Å². The third kappa shape index (κ3) is 7.38. The van der Waals surface area contributed by atoms with Gasteiger partial charge in [0, 0.05) is 37.3 Å². The number of aryl methyl sites for hydroxylation is 2. The molecule has 8 nitrogen and oxygen atoms in total. The van der Waals surface area contributed by atoms with Crippen molar-refractivity contribution in [2.75, 3.05) is 26.2 Å². The summed E-state index contributed by atoms with van der Waals surface area (Å²) in [6, 6.07) is 10.4. The number of phenols is 2. The highest BCUT2D eigenvalue weighted by molar-refractivity contribution is 5.69. The van der Waals surface area contributed by atoms with Gasteiger partial charge in [0.2, 0.25) is 0 Å². The molecule has 0 saturated heterocycles. The zero-order chi connectivity index (χ0) is 22.3. The molecule has 0 atom stereocenters. The minimum Gasteiger partial charge on any atom is -0.508 e. The fourth-order valence-corrected chi connectivity index (χ4v) is 3.19. The number of hydrogen-bond donors (Lipinski definition) is 4. The molecule has 0 aromatic heterocycles. The summed E-state index contributed by atoms with van der Waals surface area (Å²) in [5.41, 5.74) is 2.99. The second kappa shape index (κ2) is 10.6. The third-order valence-corrected chi connectivity index (χ3v) is 4.72. The molecule has 0 heterocycles. The molecule has 0 aliphatic rings. The Balaban J connectivity index is 2.11. The van der Waals surface area contributed by atoms with Crippen molar-refractivity contribution in [3.63, 3.8) is 0 Å². The molecule has 0 unspecified atom stereocenters. The van der Waals surface area contributed by atoms with Gasteiger partial charge in [-0.25, -0.2) is 0 Å². The Bertz CT molecular complexity index is 826. The third-order valence-electron chi connectivity index (χ3n) is 4.72. The van der Waals surface area contributed by atoms with Crippen molar-refractivity contribution in [2.45, 2.75) is 26.9 Å². The zero-order valence-corrected chi connectivity index (χ0v) is 17.2. The molecule has 0 aliphatic carbocycles. The molecule has 0 bridgehead atoms. The van der Waals surface area contributed by atoms with Crippen LogP contribution in [0.1, 0.15) is 22.3 Å². The quantitative estimate of drug-likeness (QED) is 0.440. The van der Waals surface area contributed by atoms with E-state index in [1.54, 1.807) is 34.1 Å². The average molecular weight is 416 g/mol. The normalized spacial score (nSPS) is 11.2. The van der Waals surface area contributed by atoms with Crippen LogP contribution < -0.4 is 0 Å². The Hall–Kier alpha value is -3.10. The van der Waals surface area contributed by atoms with Gasteiger partial charge in [0.1, 0.15) is 11.5 Å². The molecule has 0 fully saturated rings. The van der Waals surface area contributed by atoms with Gasteiger partial charge in [0.15, 0.2) is 0 Å². The van der Waals surface area contributed by atoms with Gasteiger partial charge in [-0.05, 0) is 37.1 Å². The monoisotopic (exact) mass is 416 g/mol. The Morgan fingerprint density at radius 2 is 1.10 bits per heavy atom. The number of carboxylic acid groups (broad SMARTS) is 2. The molecule has 4 N–H and O–H groups in total. The second-order valence-electron chi connectivity index (χ2n) is 7.47. The number of hydrogen-bond acceptors (Lipinski definition) is 6. The van der Waals surface area contributed by atoms with Gasteiger partial charge in [-0.1, -0.05) is 24.3 Å². The predicted molar refractivity (Wildman–Crippen MR) is 112 cm³/mol. The van der Waals surface area contributed by atoms with Crippen LogP contribution in [0.15, 0.2) is 36.4 Å². The van der Waals surface area contributed by atoms with E-state index in [0.717, 1.165) is 11.1 Å². The molecule has 30 heavy (non-hydrogen) atoms. The maximum Gasteiger partial charge on any atom is 0.317 e. The van der Waals surface area contributed by atoms with Crippen LogP contribution in [0.5, 0.6) is 11.5 Å². The van der Waals surface area contributed by atoms with Crippen molar-refractivity contribution < 1.29 is 30.0 Å². The predicted octanol–water partition coefficient (Wildman–Crippen LogP) is 2.19. The highest BCUT2D eigenvalue weighted by atomic mass is 16.4. The lowest BCUT2D eigenvalue weighted by Gasteiger charge is -2.26. The molecular weight excluding hydrogens is 388 g/mol. The lowest BCUT2D eigenvalue weighted by molar-refractivity contribution is -0.140. The number of phenolic OH excluding ortho intramolecular Hbond substituents is 2. The fraction of sp³-hybridized carbons (Fsp3) is 0.364. The number of nitrogens with zero attached hydrogens (tertiary/aromatic N) is 2. The molecule has 8 heteroatoms. The summed E-state index contributed by atoms with van der Waals surface area (Å²) >= 11 is 0. The smallest absolute Gasteiger partial charge is 0.317 e. The highest BCUT2D eigenvalue weighted by Crippen LogP contribution is 2.22. The standard InChI is InChI=1S/C22H28N2O6/c1-15-3-5-17(19(25)9-15)11-23(13-21(27)28)7-8-24(14-22(29)30)12-18-6-4-16(2)10-20(18)26/h3-6,9-10,25-26H,7-8,11-14H2,1-2H3,(H,27,28)(H,29,30). The molecule has 0 amide bonds. The van der Waals surface area contributed by atoms with Gasteiger partial charge in [-0.15, -0.1) is 0 Å². The second-order valence-corrected chi connectivity index (χ2v) is 7.47. The fourth-order valence-electron chi connectivity index (χ4n) is 3.19. The number of aromatic hydroxyl groups is 2. The van der Waals surface area contributed by atoms with E-state index in [1.165, 1.54) is 0 Å². The molecule has 0 saturated carbocycles. The van der Waals surface area contributed by atoms with Crippen LogP contribution >= 0.6 is 0 Å². The summed E-state index contributed by atoms with van der Waals surface area (Å²) in [7, 11) is 0. The first kappa shape index (κ1) is 23.2. The molecule has 2 rings (SSSR count). The van der Waals surface area contributed by atoms with Gasteiger partial charge in [-0.3, -0.25) is 19.4 Å². The summed E-state index contributed by atoms with van der Waals surface area (Å²) in [5.74, 6) is -1.83. The van der Waals surface area contributed by atoms with Gasteiger partial charge in [0.25, 0.3) is 0 Å². The SMILES string of the molecule is Cc1ccc(CN(CCN(CC(=O)O)Cc2ccc(C)cc2O)CC(=O)O)c(O)c1. The van der Waals surface area contributed by atoms with Crippen LogP contribution in [0.2, 0.25) is 0 Å². The van der Waals surface area contributed by atoms with Gasteiger partial charge >= 0.3 is 11.9 Å². The maximum absolute atomic E-state index is 11.3. The summed E-state index contributed by atoms with van der Waals surface area (Å²) in [6.45, 7) is 4.20. The maximum atomic E-state index is 11.3. The molecule has 162 valence electrons. The van der Waals surface area contributed by atoms with Gasteiger partial charge in [0.05, 0.1) is 13.1 Å². The Kier molecular flexibility index (Phi) is 8.20. The minimum absolute atomic E-state index is 0.0948. The van der Waals surface area contributed by atoms with Crippen molar-refractivity contribution in [3.8, 4) is 11.5 Å². The molecule has 2 aromatic rings. The first-order valence-corrected chi connectivity index (χ1v) is 9.59. The first-order chi connectivity index (χ1) is 14.1. The number of aliphatic carboxylic acids is 2. The zero-order valence-electron chi connectivity index (χ0n) is 17.2. The number of rotatable bonds is 11. The number of benzene rings is 2. The van der Waals surface area contributed by atoms with E-state index in [9.17, 15) is 30.0 Å². The number of carbonyl (C=O) groups is 2. The molecule has 0 radical (unpaired) electrons. The molecule has 2 aromatic carbocycles. The number of carboxylic acids is 2. The van der Waals surface area contributed by atoms with Gasteiger partial charge < -0.3 is 20.4 Å². The average Bonchev–Trinajstić information content (AvgIpc) is 2.63. The van der Waals surface area contributed by atoms with Crippen LogP contribution in [0, 0.1) is 13.8 Å². The minimum atomic E-state index is -1.01. The van der Waals surface area contributed by atoms with Crippen molar-refractivity contribution in [2.24, 2.45) is 0 Å². The lowest BCUT2D eigenvalue weighted by atomic mass is 10.1. The van der Waals surface area contributed by atoms with E-state index < -0.39 is 11.9 Å². The van der Waals surface area contributed by atoms with Crippen LogP contribution in [0.3, 0.4) is 0 Å². The van der Waals surface area contributed by atoms with Crippen molar-refractivity contribution in [3.05, 3.63) is 58.7 Å². The summed E-state index contributed by atoms with van der Waals surface area (Å²) in [6.07, 6.45) is 0. The largest absolute Gasteiger partial charge is 0.508 e. The lowest BCUT2D eigenvalue weighted by Crippen LogP contribution is -2.39. The van der Waals surface area contributed by atoms with E-state index in [0.29, 0.717) is 11.1 Å². The summed E-state index contributed by atoms with van der Waals surface area (Å²) in [4.78, 5) is 25.8. The Morgan fingerprint density at radius 3 is 1.40 bits per heavy atom. The topological polar surface area (TPSA) is 122 Å². The van der Waals surface area contributed by atoms with Crippen molar-refractivity contribution in [1.29, 1.82) is 0 Å². The van der Waals surface area contributed by atoms with E-state index in [-0.39, 0.29) is 50.8 Å². The van der Waals surface area contributed by atoms with Crippen LogP contribution in [-0.4, -0.2) is 68.3 Å². The first-order valence-electron chi connectivity index (χ1n) is 9.59. The molecule has 0 spiro atoms. The summed E-state index contributed by atoms with van der Waals surface area (Å²) in [5, 5.41) is 38.7. The van der Waals surface area contributed by atoms with Crippen LogP contribution in [-0.2, 0) is 22.7 Å². The van der Waals surface area contributed by atoms with Crippen molar-refractivity contribution in [1.82, 2.24) is 9.80 Å². The molecule has 0 aliphatic heterocycles. The highest BCUT2D eigenvalue weighted by Gasteiger charge is 2.17. The molecular formula is C22H28N2O6. The van der Waals surface area contributed by atoms with Crippen LogP contribution in [0.25, 0.3) is 0 Å². The summed E-state index contributed by atoms with van der Waals surface area (Å²) < 4.78 is 0. The Morgan fingerprint density at radius 1 is 0.733 bits per heavy atom.